The number of hydrogen-bond acceptors (Lipinski definition) is 3. The molecular formula is C19H34N2O4. The van der Waals surface area contributed by atoms with E-state index in [0.717, 1.165) is 45.2 Å². The van der Waals surface area contributed by atoms with Crippen molar-refractivity contribution in [2.75, 3.05) is 13.1 Å². The summed E-state index contributed by atoms with van der Waals surface area (Å²) in [5.74, 6) is -1.30. The minimum absolute atomic E-state index is 0.00919. The maximum atomic E-state index is 12.0. The second-order valence-electron chi connectivity index (χ2n) is 6.96. The van der Waals surface area contributed by atoms with Crippen molar-refractivity contribution >= 4 is 17.8 Å². The molecule has 0 aromatic heterocycles. The standard InChI is InChI=1S/C19H34N2O4/c1-2-3-4-5-6-7-8-11-17(22)20-16(19(24)25)12-13-18(23)21-14-9-10-15-21/h16H,2-15H2,1H3,(H,20,22)(H,24,25). The van der Waals surface area contributed by atoms with Crippen molar-refractivity contribution in [1.82, 2.24) is 10.2 Å². The van der Waals surface area contributed by atoms with Gasteiger partial charge < -0.3 is 15.3 Å². The van der Waals surface area contributed by atoms with Crippen molar-refractivity contribution in [3.8, 4) is 0 Å². The van der Waals surface area contributed by atoms with Crippen molar-refractivity contribution in [3.63, 3.8) is 0 Å². The van der Waals surface area contributed by atoms with Gasteiger partial charge in [0.2, 0.25) is 11.8 Å². The zero-order chi connectivity index (χ0) is 18.5. The van der Waals surface area contributed by atoms with Crippen LogP contribution in [-0.4, -0.2) is 46.9 Å². The third-order valence-corrected chi connectivity index (χ3v) is 4.75. The molecular weight excluding hydrogens is 320 g/mol. The molecule has 25 heavy (non-hydrogen) atoms. The van der Waals surface area contributed by atoms with Gasteiger partial charge in [-0.15, -0.1) is 0 Å². The first-order chi connectivity index (χ1) is 12.0. The number of carbonyl (C=O) groups excluding carboxylic acids is 2. The summed E-state index contributed by atoms with van der Waals surface area (Å²) in [4.78, 5) is 37.0. The average molecular weight is 354 g/mol. The van der Waals surface area contributed by atoms with E-state index in [0.29, 0.717) is 6.42 Å². The molecule has 0 bridgehead atoms. The highest BCUT2D eigenvalue weighted by molar-refractivity contribution is 5.84. The van der Waals surface area contributed by atoms with Gasteiger partial charge in [-0.3, -0.25) is 9.59 Å². The van der Waals surface area contributed by atoms with Gasteiger partial charge >= 0.3 is 5.97 Å². The maximum absolute atomic E-state index is 12.0. The van der Waals surface area contributed by atoms with Crippen molar-refractivity contribution in [1.29, 1.82) is 0 Å². The van der Waals surface area contributed by atoms with E-state index in [1.807, 2.05) is 0 Å². The fraction of sp³-hybridized carbons (Fsp3) is 0.842. The van der Waals surface area contributed by atoms with E-state index < -0.39 is 12.0 Å². The molecule has 6 nitrogen and oxygen atoms in total. The Kier molecular flexibility index (Phi) is 10.9. The Morgan fingerprint density at radius 2 is 1.56 bits per heavy atom. The summed E-state index contributed by atoms with van der Waals surface area (Å²) >= 11 is 0. The second kappa shape index (κ2) is 12.7. The molecule has 1 aliphatic heterocycles. The summed E-state index contributed by atoms with van der Waals surface area (Å²) in [6.07, 6.45) is 10.6. The number of nitrogens with zero attached hydrogens (tertiary/aromatic N) is 1. The Hall–Kier alpha value is -1.59. The van der Waals surface area contributed by atoms with E-state index in [1.54, 1.807) is 4.90 Å². The SMILES string of the molecule is CCCCCCCCCC(=O)NC(CCC(=O)N1CCCC1)C(=O)O. The molecule has 0 aromatic rings. The number of unbranched alkanes of at least 4 members (excludes halogenated alkanes) is 6. The second-order valence-corrected chi connectivity index (χ2v) is 6.96. The van der Waals surface area contributed by atoms with Gasteiger partial charge in [-0.2, -0.15) is 0 Å². The van der Waals surface area contributed by atoms with Crippen LogP contribution in [0.1, 0.15) is 84.0 Å². The van der Waals surface area contributed by atoms with Crippen LogP contribution in [0.5, 0.6) is 0 Å². The van der Waals surface area contributed by atoms with Crippen molar-refractivity contribution < 1.29 is 19.5 Å². The fourth-order valence-electron chi connectivity index (χ4n) is 3.16. The van der Waals surface area contributed by atoms with Crippen LogP contribution in [0.4, 0.5) is 0 Å². The molecule has 1 atom stereocenters. The Morgan fingerprint density at radius 1 is 0.960 bits per heavy atom. The van der Waals surface area contributed by atoms with Gasteiger partial charge in [-0.1, -0.05) is 45.4 Å². The Morgan fingerprint density at radius 3 is 2.16 bits per heavy atom. The summed E-state index contributed by atoms with van der Waals surface area (Å²) in [5.41, 5.74) is 0. The van der Waals surface area contributed by atoms with Gasteiger partial charge in [0, 0.05) is 25.9 Å². The van der Waals surface area contributed by atoms with Crippen LogP contribution in [-0.2, 0) is 14.4 Å². The summed E-state index contributed by atoms with van der Waals surface area (Å²) in [6.45, 7) is 3.71. The van der Waals surface area contributed by atoms with E-state index in [9.17, 15) is 19.5 Å². The van der Waals surface area contributed by atoms with Gasteiger partial charge in [-0.25, -0.2) is 4.79 Å². The smallest absolute Gasteiger partial charge is 0.326 e. The van der Waals surface area contributed by atoms with Gasteiger partial charge in [0.05, 0.1) is 0 Å². The third-order valence-electron chi connectivity index (χ3n) is 4.75. The molecule has 2 N–H and O–H groups in total. The minimum Gasteiger partial charge on any atom is -0.480 e. The summed E-state index contributed by atoms with van der Waals surface area (Å²) in [5, 5.41) is 11.8. The highest BCUT2D eigenvalue weighted by Gasteiger charge is 2.23. The number of likely N-dealkylation sites (tertiary alicyclic amines) is 1. The Balaban J connectivity index is 2.19. The molecule has 1 saturated heterocycles. The van der Waals surface area contributed by atoms with Gasteiger partial charge in [0.25, 0.3) is 0 Å². The lowest BCUT2D eigenvalue weighted by molar-refractivity contribution is -0.142. The van der Waals surface area contributed by atoms with E-state index >= 15 is 0 Å². The summed E-state index contributed by atoms with van der Waals surface area (Å²) in [6, 6.07) is -0.969. The third kappa shape index (κ3) is 9.46. The first-order valence-electron chi connectivity index (χ1n) is 9.84. The lowest BCUT2D eigenvalue weighted by Crippen LogP contribution is -2.41. The van der Waals surface area contributed by atoms with Crippen LogP contribution in [0.15, 0.2) is 0 Å². The number of aliphatic carboxylic acids is 1. The van der Waals surface area contributed by atoms with Crippen molar-refractivity contribution in [2.45, 2.75) is 90.0 Å². The monoisotopic (exact) mass is 354 g/mol. The molecule has 0 radical (unpaired) electrons. The lowest BCUT2D eigenvalue weighted by atomic mass is 10.1. The highest BCUT2D eigenvalue weighted by Crippen LogP contribution is 2.12. The van der Waals surface area contributed by atoms with Crippen molar-refractivity contribution in [2.24, 2.45) is 0 Å². The number of amides is 2. The summed E-state index contributed by atoms with van der Waals surface area (Å²) in [7, 11) is 0. The minimum atomic E-state index is -1.07. The Bertz CT molecular complexity index is 420. The van der Waals surface area contributed by atoms with Crippen LogP contribution >= 0.6 is 0 Å². The number of carbonyl (C=O) groups is 3. The first kappa shape index (κ1) is 21.5. The van der Waals surface area contributed by atoms with E-state index in [2.05, 4.69) is 12.2 Å². The molecule has 1 unspecified atom stereocenters. The predicted octanol–water partition coefficient (Wildman–Crippen LogP) is 3.10. The van der Waals surface area contributed by atoms with Gasteiger partial charge in [0.1, 0.15) is 6.04 Å². The fourth-order valence-corrected chi connectivity index (χ4v) is 3.16. The van der Waals surface area contributed by atoms with Crippen LogP contribution in [0, 0.1) is 0 Å². The molecule has 6 heteroatoms. The molecule has 0 aliphatic carbocycles. The molecule has 1 fully saturated rings. The summed E-state index contributed by atoms with van der Waals surface area (Å²) < 4.78 is 0. The van der Waals surface area contributed by atoms with Crippen LogP contribution < -0.4 is 5.32 Å². The molecule has 0 saturated carbocycles. The number of rotatable bonds is 13. The topological polar surface area (TPSA) is 86.7 Å². The first-order valence-corrected chi connectivity index (χ1v) is 9.84. The molecule has 1 aliphatic rings. The number of carboxylic acids is 1. The van der Waals surface area contributed by atoms with E-state index in [4.69, 9.17) is 0 Å². The quantitative estimate of drug-likeness (QED) is 0.498. The zero-order valence-electron chi connectivity index (χ0n) is 15.6. The molecule has 1 rings (SSSR count). The van der Waals surface area contributed by atoms with E-state index in [1.165, 1.54) is 25.7 Å². The van der Waals surface area contributed by atoms with Gasteiger partial charge in [0.15, 0.2) is 0 Å². The lowest BCUT2D eigenvalue weighted by Gasteiger charge is -2.18. The maximum Gasteiger partial charge on any atom is 0.326 e. The normalized spacial score (nSPS) is 15.2. The van der Waals surface area contributed by atoms with Crippen LogP contribution in [0.2, 0.25) is 0 Å². The molecule has 0 aromatic carbocycles. The zero-order valence-corrected chi connectivity index (χ0v) is 15.6. The number of hydrogen-bond donors (Lipinski definition) is 2. The molecule has 0 spiro atoms. The van der Waals surface area contributed by atoms with Crippen molar-refractivity contribution in [3.05, 3.63) is 0 Å². The molecule has 1 heterocycles. The largest absolute Gasteiger partial charge is 0.480 e. The van der Waals surface area contributed by atoms with Crippen LogP contribution in [0.3, 0.4) is 0 Å². The van der Waals surface area contributed by atoms with Crippen LogP contribution in [0.25, 0.3) is 0 Å². The number of carboxylic acid groups (broad SMARTS) is 1. The average Bonchev–Trinajstić information content (AvgIpc) is 3.12. The van der Waals surface area contributed by atoms with Gasteiger partial charge in [-0.05, 0) is 25.7 Å². The van der Waals surface area contributed by atoms with E-state index in [-0.39, 0.29) is 24.7 Å². The molecule has 144 valence electrons. The number of nitrogens with one attached hydrogen (secondary N) is 1. The molecule has 2 amide bonds. The Labute approximate surface area is 151 Å². The highest BCUT2D eigenvalue weighted by atomic mass is 16.4. The predicted molar refractivity (Wildman–Crippen MR) is 97.2 cm³/mol.